The van der Waals surface area contributed by atoms with Crippen LogP contribution >= 0.6 is 0 Å². The molecule has 21 heavy (non-hydrogen) atoms. The van der Waals surface area contributed by atoms with Gasteiger partial charge in [-0.1, -0.05) is 6.92 Å². The summed E-state index contributed by atoms with van der Waals surface area (Å²) in [4.78, 5) is 24.0. The van der Waals surface area contributed by atoms with E-state index in [9.17, 15) is 9.59 Å². The Bertz CT molecular complexity index is 643. The van der Waals surface area contributed by atoms with E-state index in [-0.39, 0.29) is 12.7 Å². The minimum Gasteiger partial charge on any atom is -0.454 e. The van der Waals surface area contributed by atoms with E-state index in [1.165, 1.54) is 6.21 Å². The molecule has 1 aromatic carbocycles. The fourth-order valence-corrected chi connectivity index (χ4v) is 2.13. The Labute approximate surface area is 121 Å². The largest absolute Gasteiger partial charge is 0.454 e. The van der Waals surface area contributed by atoms with Crippen LogP contribution in [0.25, 0.3) is 0 Å². The maximum absolute atomic E-state index is 12.2. The maximum atomic E-state index is 12.2. The van der Waals surface area contributed by atoms with Crippen molar-refractivity contribution >= 4 is 18.2 Å². The molecule has 0 bridgehead atoms. The summed E-state index contributed by atoms with van der Waals surface area (Å²) in [7, 11) is 0. The van der Waals surface area contributed by atoms with E-state index < -0.39 is 11.6 Å². The molecule has 110 valence electrons. The second-order valence-corrected chi connectivity index (χ2v) is 5.09. The van der Waals surface area contributed by atoms with Crippen molar-refractivity contribution in [3.8, 4) is 11.5 Å². The molecule has 1 aromatic rings. The summed E-state index contributed by atoms with van der Waals surface area (Å²) in [6.45, 7) is 3.71. The zero-order valence-electron chi connectivity index (χ0n) is 11.8. The van der Waals surface area contributed by atoms with E-state index in [1.807, 2.05) is 6.92 Å². The molecular weight excluding hydrogens is 274 g/mol. The van der Waals surface area contributed by atoms with Gasteiger partial charge in [-0.3, -0.25) is 4.79 Å². The molecule has 7 nitrogen and oxygen atoms in total. The first kappa shape index (κ1) is 13.4. The van der Waals surface area contributed by atoms with E-state index in [0.717, 1.165) is 5.01 Å². The molecule has 1 saturated heterocycles. The highest BCUT2D eigenvalue weighted by molar-refractivity contribution is 6.07. The predicted octanol–water partition coefficient (Wildman–Crippen LogP) is 1.47. The Morgan fingerprint density at radius 3 is 2.86 bits per heavy atom. The number of ether oxygens (including phenoxy) is 2. The normalized spacial score (nSPS) is 24.0. The van der Waals surface area contributed by atoms with Crippen LogP contribution in [0.3, 0.4) is 0 Å². The van der Waals surface area contributed by atoms with Gasteiger partial charge in [-0.15, -0.1) is 5.01 Å². The molecule has 1 fully saturated rings. The van der Waals surface area contributed by atoms with Crippen molar-refractivity contribution in [1.29, 1.82) is 0 Å². The second-order valence-electron chi connectivity index (χ2n) is 5.09. The Balaban J connectivity index is 1.80. The van der Waals surface area contributed by atoms with E-state index in [1.54, 1.807) is 25.1 Å². The number of imide groups is 1. The molecule has 0 radical (unpaired) electrons. The lowest BCUT2D eigenvalue weighted by atomic mass is 10.00. The van der Waals surface area contributed by atoms with Crippen molar-refractivity contribution in [2.45, 2.75) is 25.8 Å². The third-order valence-electron chi connectivity index (χ3n) is 3.67. The third-order valence-corrected chi connectivity index (χ3v) is 3.67. The highest BCUT2D eigenvalue weighted by Gasteiger charge is 2.46. The second kappa shape index (κ2) is 4.76. The van der Waals surface area contributed by atoms with Crippen molar-refractivity contribution in [2.24, 2.45) is 5.10 Å². The minimum atomic E-state index is -0.886. The van der Waals surface area contributed by atoms with E-state index in [0.29, 0.717) is 23.5 Å². The molecule has 1 N–H and O–H groups in total. The minimum absolute atomic E-state index is 0.192. The summed E-state index contributed by atoms with van der Waals surface area (Å²) in [6.07, 6.45) is 1.95. The first-order valence-electron chi connectivity index (χ1n) is 6.64. The topological polar surface area (TPSA) is 80.2 Å². The number of benzene rings is 1. The van der Waals surface area contributed by atoms with Gasteiger partial charge in [0.15, 0.2) is 11.5 Å². The quantitative estimate of drug-likeness (QED) is 0.675. The zero-order chi connectivity index (χ0) is 15.0. The number of amides is 3. The molecule has 0 saturated carbocycles. The standard InChI is InChI=1S/C14H15N3O4/c1-3-14(2)12(18)17(13(19)16-14)15-7-9-4-5-10-11(6-9)21-8-20-10/h4-7H,3,8H2,1-2H3,(H,16,19). The van der Waals surface area contributed by atoms with Crippen LogP contribution in [-0.4, -0.2) is 35.5 Å². The summed E-state index contributed by atoms with van der Waals surface area (Å²) in [5.74, 6) is 0.933. The van der Waals surface area contributed by atoms with Crippen molar-refractivity contribution in [1.82, 2.24) is 10.3 Å². The number of hydrogen-bond acceptors (Lipinski definition) is 5. The lowest BCUT2D eigenvalue weighted by molar-refractivity contribution is -0.130. The number of nitrogens with zero attached hydrogens (tertiary/aromatic N) is 2. The molecule has 2 aliphatic rings. The van der Waals surface area contributed by atoms with Gasteiger partial charge < -0.3 is 14.8 Å². The molecule has 0 spiro atoms. The number of hydrogen-bond donors (Lipinski definition) is 1. The number of hydrazone groups is 1. The van der Waals surface area contributed by atoms with Gasteiger partial charge in [-0.05, 0) is 37.1 Å². The van der Waals surface area contributed by atoms with Crippen LogP contribution in [0.1, 0.15) is 25.8 Å². The Hall–Kier alpha value is -2.57. The average Bonchev–Trinajstić information content (AvgIpc) is 3.01. The third kappa shape index (κ3) is 2.20. The molecule has 2 heterocycles. The molecule has 3 rings (SSSR count). The van der Waals surface area contributed by atoms with Crippen LogP contribution < -0.4 is 14.8 Å². The predicted molar refractivity (Wildman–Crippen MR) is 74.2 cm³/mol. The fraction of sp³-hybridized carbons (Fsp3) is 0.357. The molecule has 2 aliphatic heterocycles. The number of rotatable bonds is 3. The summed E-state index contributed by atoms with van der Waals surface area (Å²) >= 11 is 0. The van der Waals surface area contributed by atoms with Crippen LogP contribution in [0, 0.1) is 0 Å². The van der Waals surface area contributed by atoms with Gasteiger partial charge >= 0.3 is 6.03 Å². The van der Waals surface area contributed by atoms with E-state index in [2.05, 4.69) is 10.4 Å². The summed E-state index contributed by atoms with van der Waals surface area (Å²) in [5.41, 5.74) is -0.173. The van der Waals surface area contributed by atoms with Crippen LogP contribution in [0.4, 0.5) is 4.79 Å². The number of urea groups is 1. The number of fused-ring (bicyclic) bond motifs is 1. The fourth-order valence-electron chi connectivity index (χ4n) is 2.13. The first-order chi connectivity index (χ1) is 10.0. The van der Waals surface area contributed by atoms with Crippen molar-refractivity contribution in [2.75, 3.05) is 6.79 Å². The maximum Gasteiger partial charge on any atom is 0.346 e. The van der Waals surface area contributed by atoms with Crippen LogP contribution in [0.2, 0.25) is 0 Å². The summed E-state index contributed by atoms with van der Waals surface area (Å²) in [6, 6.07) is 4.75. The Morgan fingerprint density at radius 2 is 2.14 bits per heavy atom. The monoisotopic (exact) mass is 289 g/mol. The van der Waals surface area contributed by atoms with Gasteiger partial charge in [-0.25, -0.2) is 4.79 Å². The van der Waals surface area contributed by atoms with Gasteiger partial charge in [0.1, 0.15) is 5.54 Å². The van der Waals surface area contributed by atoms with Gasteiger partial charge in [0.25, 0.3) is 5.91 Å². The molecule has 0 aromatic heterocycles. The Kier molecular flexibility index (Phi) is 3.04. The highest BCUT2D eigenvalue weighted by atomic mass is 16.7. The summed E-state index contributed by atoms with van der Waals surface area (Å²) in [5, 5.41) is 7.47. The molecule has 0 aliphatic carbocycles. The Morgan fingerprint density at radius 1 is 1.38 bits per heavy atom. The molecular formula is C14H15N3O4. The average molecular weight is 289 g/mol. The lowest BCUT2D eigenvalue weighted by Gasteiger charge is -2.17. The highest BCUT2D eigenvalue weighted by Crippen LogP contribution is 2.32. The lowest BCUT2D eigenvalue weighted by Crippen LogP contribution is -2.42. The number of carbonyl (C=O) groups is 2. The zero-order valence-corrected chi connectivity index (χ0v) is 11.8. The van der Waals surface area contributed by atoms with Gasteiger partial charge in [0, 0.05) is 0 Å². The van der Waals surface area contributed by atoms with Gasteiger partial charge in [0.05, 0.1) is 6.21 Å². The smallest absolute Gasteiger partial charge is 0.346 e. The van der Waals surface area contributed by atoms with Crippen LogP contribution in [0.15, 0.2) is 23.3 Å². The van der Waals surface area contributed by atoms with Gasteiger partial charge in [0.2, 0.25) is 6.79 Å². The first-order valence-corrected chi connectivity index (χ1v) is 6.64. The van der Waals surface area contributed by atoms with Crippen molar-refractivity contribution in [3.05, 3.63) is 23.8 Å². The SMILES string of the molecule is CCC1(C)NC(=O)N(N=Cc2ccc3c(c2)OCO3)C1=O. The molecule has 3 amide bonds. The number of carbonyl (C=O) groups excluding carboxylic acids is 2. The molecule has 7 heteroatoms. The van der Waals surface area contributed by atoms with Crippen molar-refractivity contribution in [3.63, 3.8) is 0 Å². The van der Waals surface area contributed by atoms with Crippen LogP contribution in [-0.2, 0) is 4.79 Å². The van der Waals surface area contributed by atoms with Gasteiger partial charge in [-0.2, -0.15) is 5.10 Å². The molecule has 1 unspecified atom stereocenters. The van der Waals surface area contributed by atoms with Crippen LogP contribution in [0.5, 0.6) is 11.5 Å². The number of nitrogens with one attached hydrogen (secondary N) is 1. The van der Waals surface area contributed by atoms with E-state index >= 15 is 0 Å². The molecule has 1 atom stereocenters. The van der Waals surface area contributed by atoms with E-state index in [4.69, 9.17) is 9.47 Å². The summed E-state index contributed by atoms with van der Waals surface area (Å²) < 4.78 is 10.5. The van der Waals surface area contributed by atoms with Crippen molar-refractivity contribution < 1.29 is 19.1 Å².